The van der Waals surface area contributed by atoms with Gasteiger partial charge in [0, 0.05) is 0 Å². The van der Waals surface area contributed by atoms with Gasteiger partial charge in [-0.25, -0.2) is 0 Å². The van der Waals surface area contributed by atoms with Crippen LogP contribution in [-0.4, -0.2) is 22.9 Å². The van der Waals surface area contributed by atoms with E-state index in [9.17, 15) is 0 Å². The molecule has 0 amide bonds. The van der Waals surface area contributed by atoms with Crippen LogP contribution in [0.5, 0.6) is 0 Å². The van der Waals surface area contributed by atoms with E-state index in [1.54, 1.807) is 6.42 Å². The Balaban J connectivity index is 2.33. The van der Waals surface area contributed by atoms with Crippen molar-refractivity contribution in [3.63, 3.8) is 0 Å². The molecule has 1 radical (unpaired) electrons. The minimum Gasteiger partial charge on any atom is -0.394 e. The van der Waals surface area contributed by atoms with Crippen molar-refractivity contribution in [1.82, 2.24) is 0 Å². The van der Waals surface area contributed by atoms with Crippen LogP contribution in [0.2, 0.25) is 0 Å². The van der Waals surface area contributed by atoms with E-state index in [0.717, 1.165) is 5.56 Å². The lowest BCUT2D eigenvalue weighted by Gasteiger charge is -2.05. The molecule has 2 nitrogen and oxygen atoms in total. The molecular weight excluding hydrogens is 152 g/mol. The summed E-state index contributed by atoms with van der Waals surface area (Å²) in [5, 5.41) is 17.5. The molecule has 1 atom stereocenters. The van der Waals surface area contributed by atoms with Gasteiger partial charge in [0.05, 0.1) is 12.7 Å². The summed E-state index contributed by atoms with van der Waals surface area (Å²) in [6, 6.07) is 9.83. The van der Waals surface area contributed by atoms with Gasteiger partial charge in [0.2, 0.25) is 0 Å². The lowest BCUT2D eigenvalue weighted by Crippen LogP contribution is -2.13. The van der Waals surface area contributed by atoms with Crippen molar-refractivity contribution < 1.29 is 10.2 Å². The molecule has 0 saturated heterocycles. The van der Waals surface area contributed by atoms with E-state index in [-0.39, 0.29) is 6.61 Å². The smallest absolute Gasteiger partial charge is 0.0805 e. The molecular formula is C10H13O2. The van der Waals surface area contributed by atoms with E-state index in [1.807, 2.05) is 30.3 Å². The van der Waals surface area contributed by atoms with Gasteiger partial charge in [-0.3, -0.25) is 0 Å². The topological polar surface area (TPSA) is 40.5 Å². The van der Waals surface area contributed by atoms with E-state index in [2.05, 4.69) is 0 Å². The maximum Gasteiger partial charge on any atom is 0.0805 e. The lowest BCUT2D eigenvalue weighted by atomic mass is 10.1. The first kappa shape index (κ1) is 9.23. The van der Waals surface area contributed by atoms with E-state index in [0.29, 0.717) is 6.42 Å². The number of rotatable bonds is 4. The van der Waals surface area contributed by atoms with E-state index >= 15 is 0 Å². The predicted molar refractivity (Wildman–Crippen MR) is 47.5 cm³/mol. The first-order valence-corrected chi connectivity index (χ1v) is 3.99. The third kappa shape index (κ3) is 3.03. The van der Waals surface area contributed by atoms with Gasteiger partial charge >= 0.3 is 0 Å². The second kappa shape index (κ2) is 4.91. The second-order valence-corrected chi connectivity index (χ2v) is 2.68. The van der Waals surface area contributed by atoms with E-state index in [4.69, 9.17) is 10.2 Å². The van der Waals surface area contributed by atoms with Crippen molar-refractivity contribution in [3.8, 4) is 0 Å². The van der Waals surface area contributed by atoms with Crippen molar-refractivity contribution in [2.45, 2.75) is 12.5 Å². The molecule has 0 spiro atoms. The molecule has 1 aromatic carbocycles. The van der Waals surface area contributed by atoms with Crippen LogP contribution in [0.1, 0.15) is 5.56 Å². The Morgan fingerprint density at radius 1 is 1.25 bits per heavy atom. The molecule has 0 aliphatic heterocycles. The Kier molecular flexibility index (Phi) is 3.77. The molecule has 0 aromatic heterocycles. The fourth-order valence-electron chi connectivity index (χ4n) is 0.961. The number of aliphatic hydroxyl groups is 2. The van der Waals surface area contributed by atoms with Crippen LogP contribution in [0, 0.1) is 6.42 Å². The molecule has 1 aromatic rings. The van der Waals surface area contributed by atoms with Crippen molar-refractivity contribution >= 4 is 0 Å². The average molecular weight is 165 g/mol. The van der Waals surface area contributed by atoms with Crippen LogP contribution >= 0.6 is 0 Å². The molecule has 65 valence electrons. The monoisotopic (exact) mass is 165 g/mol. The summed E-state index contributed by atoms with van der Waals surface area (Å²) in [5.41, 5.74) is 1.14. The van der Waals surface area contributed by atoms with Gasteiger partial charge in [0.15, 0.2) is 0 Å². The summed E-state index contributed by atoms with van der Waals surface area (Å²) in [5.74, 6) is 0. The van der Waals surface area contributed by atoms with E-state index < -0.39 is 6.10 Å². The van der Waals surface area contributed by atoms with Gasteiger partial charge < -0.3 is 10.2 Å². The molecule has 1 rings (SSSR count). The minimum absolute atomic E-state index is 0.202. The van der Waals surface area contributed by atoms with Crippen LogP contribution in [0.3, 0.4) is 0 Å². The second-order valence-electron chi connectivity index (χ2n) is 2.68. The molecule has 0 saturated carbocycles. The van der Waals surface area contributed by atoms with Crippen LogP contribution in [0.4, 0.5) is 0 Å². The van der Waals surface area contributed by atoms with Crippen molar-refractivity contribution in [1.29, 1.82) is 0 Å². The van der Waals surface area contributed by atoms with Gasteiger partial charge in [-0.15, -0.1) is 0 Å². The van der Waals surface area contributed by atoms with Crippen molar-refractivity contribution in [2.75, 3.05) is 6.61 Å². The largest absolute Gasteiger partial charge is 0.394 e. The molecule has 0 fully saturated rings. The van der Waals surface area contributed by atoms with Gasteiger partial charge in [-0.1, -0.05) is 30.3 Å². The zero-order chi connectivity index (χ0) is 8.81. The summed E-state index contributed by atoms with van der Waals surface area (Å²) in [6.45, 7) is -0.202. The molecule has 0 aliphatic carbocycles. The minimum atomic E-state index is -0.704. The zero-order valence-corrected chi connectivity index (χ0v) is 6.85. The van der Waals surface area contributed by atoms with Gasteiger partial charge in [-0.2, -0.15) is 0 Å². The van der Waals surface area contributed by atoms with Crippen LogP contribution in [0.25, 0.3) is 0 Å². The number of hydrogen-bond acceptors (Lipinski definition) is 2. The fraction of sp³-hybridized carbons (Fsp3) is 0.300. The Bertz CT molecular complexity index is 208. The standard InChI is InChI=1S/C10H13O2/c11-8-10(12)7-6-9-4-2-1-3-5-9/h1-5,7,10-12H,6,8H2. The number of aliphatic hydroxyl groups excluding tert-OH is 2. The van der Waals surface area contributed by atoms with Crippen molar-refractivity contribution in [2.24, 2.45) is 0 Å². The summed E-state index contributed by atoms with van der Waals surface area (Å²) < 4.78 is 0. The lowest BCUT2D eigenvalue weighted by molar-refractivity contribution is 0.118. The summed E-state index contributed by atoms with van der Waals surface area (Å²) in [6.07, 6.45) is 1.68. The highest BCUT2D eigenvalue weighted by molar-refractivity contribution is 5.16. The van der Waals surface area contributed by atoms with Gasteiger partial charge in [0.25, 0.3) is 0 Å². The van der Waals surface area contributed by atoms with Crippen molar-refractivity contribution in [3.05, 3.63) is 42.3 Å². The molecule has 1 unspecified atom stereocenters. The Morgan fingerprint density at radius 2 is 1.92 bits per heavy atom. The highest BCUT2D eigenvalue weighted by atomic mass is 16.3. The third-order valence-electron chi connectivity index (χ3n) is 1.66. The first-order valence-electron chi connectivity index (χ1n) is 3.99. The molecule has 0 heterocycles. The quantitative estimate of drug-likeness (QED) is 0.692. The Labute approximate surface area is 72.5 Å². The van der Waals surface area contributed by atoms with Crippen LogP contribution in [-0.2, 0) is 6.42 Å². The molecule has 2 N–H and O–H groups in total. The number of benzene rings is 1. The summed E-state index contributed by atoms with van der Waals surface area (Å²) in [4.78, 5) is 0. The molecule has 0 aliphatic rings. The normalized spacial score (nSPS) is 12.8. The van der Waals surface area contributed by atoms with Gasteiger partial charge in [0.1, 0.15) is 0 Å². The van der Waals surface area contributed by atoms with Crippen LogP contribution in [0.15, 0.2) is 30.3 Å². The average Bonchev–Trinajstić information content (AvgIpc) is 2.16. The maximum absolute atomic E-state index is 9.01. The molecule has 12 heavy (non-hydrogen) atoms. The molecule has 2 heteroatoms. The summed E-state index contributed by atoms with van der Waals surface area (Å²) >= 11 is 0. The summed E-state index contributed by atoms with van der Waals surface area (Å²) in [7, 11) is 0. The third-order valence-corrected chi connectivity index (χ3v) is 1.66. The molecule has 0 bridgehead atoms. The van der Waals surface area contributed by atoms with E-state index in [1.165, 1.54) is 0 Å². The fourth-order valence-corrected chi connectivity index (χ4v) is 0.961. The maximum atomic E-state index is 9.01. The van der Waals surface area contributed by atoms with Gasteiger partial charge in [-0.05, 0) is 18.4 Å². The predicted octanol–water partition coefficient (Wildman–Crippen LogP) is 0.787. The highest BCUT2D eigenvalue weighted by Gasteiger charge is 2.01. The number of hydrogen-bond donors (Lipinski definition) is 2. The first-order chi connectivity index (χ1) is 5.83. The van der Waals surface area contributed by atoms with Crippen LogP contribution < -0.4 is 0 Å². The Morgan fingerprint density at radius 3 is 2.50 bits per heavy atom. The highest BCUT2D eigenvalue weighted by Crippen LogP contribution is 2.03. The SMILES string of the molecule is OCC(O)[CH]Cc1ccccc1. The Hall–Kier alpha value is -0.860. The zero-order valence-electron chi connectivity index (χ0n) is 6.85.